The number of hydrogen-bond acceptors (Lipinski definition) is 5. The Hall–Kier alpha value is -1.66. The third kappa shape index (κ3) is 2.62. The molecule has 3 rings (SSSR count). The Morgan fingerprint density at radius 1 is 1.40 bits per heavy atom. The summed E-state index contributed by atoms with van der Waals surface area (Å²) in [5, 5.41) is 4.65. The van der Waals surface area contributed by atoms with E-state index in [0.717, 1.165) is 31.4 Å². The Bertz CT molecular complexity index is 596. The van der Waals surface area contributed by atoms with E-state index in [0.29, 0.717) is 16.7 Å². The second kappa shape index (κ2) is 5.76. The molecule has 20 heavy (non-hydrogen) atoms. The van der Waals surface area contributed by atoms with E-state index in [1.165, 1.54) is 6.20 Å². The molecule has 7 heteroatoms. The van der Waals surface area contributed by atoms with Gasteiger partial charge >= 0.3 is 0 Å². The number of nitrogens with zero attached hydrogens (tertiary/aromatic N) is 4. The molecule has 0 aromatic carbocycles. The van der Waals surface area contributed by atoms with Gasteiger partial charge in [-0.1, -0.05) is 11.6 Å². The van der Waals surface area contributed by atoms with Crippen LogP contribution in [0.3, 0.4) is 0 Å². The Morgan fingerprint density at radius 3 is 3.05 bits per heavy atom. The number of rotatable bonds is 3. The molecule has 0 bridgehead atoms. The monoisotopic (exact) mass is 294 g/mol. The average Bonchev–Trinajstić information content (AvgIpc) is 2.97. The number of ether oxygens (including phenoxy) is 2. The van der Waals surface area contributed by atoms with Crippen LogP contribution in [0.15, 0.2) is 18.6 Å². The van der Waals surface area contributed by atoms with Crippen molar-refractivity contribution in [2.45, 2.75) is 25.5 Å². The highest BCUT2D eigenvalue weighted by molar-refractivity contribution is 6.29. The molecule has 0 aliphatic carbocycles. The van der Waals surface area contributed by atoms with Crippen LogP contribution in [0.4, 0.5) is 0 Å². The molecule has 1 saturated heterocycles. The Morgan fingerprint density at radius 2 is 2.30 bits per heavy atom. The lowest BCUT2D eigenvalue weighted by Gasteiger charge is -2.22. The SMILES string of the molecule is COc1nc(Cl)cnc1-c1cnn(C2CCCCO2)c1. The average molecular weight is 295 g/mol. The predicted molar refractivity (Wildman–Crippen MR) is 73.7 cm³/mol. The summed E-state index contributed by atoms with van der Waals surface area (Å²) in [7, 11) is 1.54. The summed E-state index contributed by atoms with van der Waals surface area (Å²) in [4.78, 5) is 8.37. The summed E-state index contributed by atoms with van der Waals surface area (Å²) in [5.74, 6) is 0.390. The van der Waals surface area contributed by atoms with Gasteiger partial charge in [-0.3, -0.25) is 0 Å². The van der Waals surface area contributed by atoms with Gasteiger partial charge in [-0.15, -0.1) is 0 Å². The summed E-state index contributed by atoms with van der Waals surface area (Å²) in [6, 6.07) is 0. The lowest BCUT2D eigenvalue weighted by atomic mass is 10.2. The second-order valence-electron chi connectivity index (χ2n) is 4.58. The van der Waals surface area contributed by atoms with Gasteiger partial charge in [0.25, 0.3) is 0 Å². The van der Waals surface area contributed by atoms with Crippen molar-refractivity contribution < 1.29 is 9.47 Å². The summed E-state index contributed by atoms with van der Waals surface area (Å²) in [6.07, 6.45) is 8.38. The van der Waals surface area contributed by atoms with Gasteiger partial charge in [-0.2, -0.15) is 10.1 Å². The first-order chi connectivity index (χ1) is 9.78. The first-order valence-corrected chi connectivity index (χ1v) is 6.88. The molecule has 2 aromatic rings. The third-order valence-corrected chi connectivity index (χ3v) is 3.41. The van der Waals surface area contributed by atoms with E-state index >= 15 is 0 Å². The highest BCUT2D eigenvalue weighted by Gasteiger charge is 2.18. The molecule has 0 N–H and O–H groups in total. The molecule has 1 aliphatic rings. The van der Waals surface area contributed by atoms with E-state index in [9.17, 15) is 0 Å². The zero-order chi connectivity index (χ0) is 13.9. The van der Waals surface area contributed by atoms with Crippen LogP contribution < -0.4 is 4.74 Å². The molecule has 1 aliphatic heterocycles. The molecule has 2 aromatic heterocycles. The highest BCUT2D eigenvalue weighted by Crippen LogP contribution is 2.29. The van der Waals surface area contributed by atoms with Gasteiger partial charge in [0, 0.05) is 18.4 Å². The van der Waals surface area contributed by atoms with Crippen molar-refractivity contribution in [3.63, 3.8) is 0 Å². The molecule has 0 radical (unpaired) electrons. The normalized spacial score (nSPS) is 19.0. The summed E-state index contributed by atoms with van der Waals surface area (Å²) < 4.78 is 12.7. The van der Waals surface area contributed by atoms with Crippen LogP contribution in [0.1, 0.15) is 25.5 Å². The lowest BCUT2D eigenvalue weighted by molar-refractivity contribution is -0.0394. The Labute approximate surface area is 121 Å². The van der Waals surface area contributed by atoms with Gasteiger partial charge in [0.1, 0.15) is 11.9 Å². The maximum Gasteiger partial charge on any atom is 0.241 e. The summed E-state index contributed by atoms with van der Waals surface area (Å²) in [5.41, 5.74) is 1.46. The van der Waals surface area contributed by atoms with Gasteiger partial charge in [0.15, 0.2) is 5.15 Å². The van der Waals surface area contributed by atoms with Gasteiger partial charge in [0.05, 0.1) is 19.5 Å². The van der Waals surface area contributed by atoms with E-state index in [-0.39, 0.29) is 6.23 Å². The van der Waals surface area contributed by atoms with Crippen molar-refractivity contribution in [1.29, 1.82) is 0 Å². The first-order valence-electron chi connectivity index (χ1n) is 6.50. The Kier molecular flexibility index (Phi) is 3.84. The predicted octanol–water partition coefficient (Wildman–Crippen LogP) is 2.70. The standard InChI is InChI=1S/C13H15ClN4O2/c1-19-13-12(15-7-10(14)17-13)9-6-16-18(8-9)11-4-2-3-5-20-11/h6-8,11H,2-5H2,1H3. The van der Waals surface area contributed by atoms with Crippen molar-refractivity contribution in [2.24, 2.45) is 0 Å². The van der Waals surface area contributed by atoms with E-state index in [2.05, 4.69) is 15.1 Å². The number of hydrogen-bond donors (Lipinski definition) is 0. The summed E-state index contributed by atoms with van der Waals surface area (Å²) >= 11 is 5.82. The molecular weight excluding hydrogens is 280 g/mol. The Balaban J connectivity index is 1.89. The van der Waals surface area contributed by atoms with Crippen molar-refractivity contribution >= 4 is 11.6 Å². The summed E-state index contributed by atoms with van der Waals surface area (Å²) in [6.45, 7) is 0.782. The smallest absolute Gasteiger partial charge is 0.241 e. The zero-order valence-corrected chi connectivity index (χ0v) is 11.9. The van der Waals surface area contributed by atoms with E-state index in [1.54, 1.807) is 13.3 Å². The van der Waals surface area contributed by atoms with Crippen molar-refractivity contribution in [3.05, 3.63) is 23.7 Å². The molecule has 1 unspecified atom stereocenters. The van der Waals surface area contributed by atoms with Gasteiger partial charge in [-0.25, -0.2) is 9.67 Å². The largest absolute Gasteiger partial charge is 0.479 e. The van der Waals surface area contributed by atoms with Crippen LogP contribution in [0.2, 0.25) is 5.15 Å². The third-order valence-electron chi connectivity index (χ3n) is 3.23. The van der Waals surface area contributed by atoms with Crippen LogP contribution in [-0.2, 0) is 4.74 Å². The molecule has 3 heterocycles. The molecular formula is C13H15ClN4O2. The second-order valence-corrected chi connectivity index (χ2v) is 4.97. The van der Waals surface area contributed by atoms with E-state index in [4.69, 9.17) is 21.1 Å². The van der Waals surface area contributed by atoms with E-state index in [1.807, 2.05) is 10.9 Å². The van der Waals surface area contributed by atoms with Crippen molar-refractivity contribution in [1.82, 2.24) is 19.7 Å². The zero-order valence-electron chi connectivity index (χ0n) is 11.1. The van der Waals surface area contributed by atoms with Crippen LogP contribution in [0, 0.1) is 0 Å². The minimum absolute atomic E-state index is 0.00348. The van der Waals surface area contributed by atoms with Crippen molar-refractivity contribution in [3.8, 4) is 17.1 Å². The fourth-order valence-electron chi connectivity index (χ4n) is 2.24. The van der Waals surface area contributed by atoms with Crippen LogP contribution in [0.5, 0.6) is 5.88 Å². The molecule has 106 valence electrons. The van der Waals surface area contributed by atoms with Crippen LogP contribution in [0.25, 0.3) is 11.3 Å². The molecule has 6 nitrogen and oxygen atoms in total. The number of aromatic nitrogens is 4. The van der Waals surface area contributed by atoms with Crippen LogP contribution in [-0.4, -0.2) is 33.5 Å². The van der Waals surface area contributed by atoms with Gasteiger partial charge in [0.2, 0.25) is 5.88 Å². The molecule has 0 spiro atoms. The lowest BCUT2D eigenvalue weighted by Crippen LogP contribution is -2.18. The highest BCUT2D eigenvalue weighted by atomic mass is 35.5. The number of halogens is 1. The first kappa shape index (κ1) is 13.3. The molecule has 1 fully saturated rings. The van der Waals surface area contributed by atoms with Gasteiger partial charge < -0.3 is 9.47 Å². The van der Waals surface area contributed by atoms with Gasteiger partial charge in [-0.05, 0) is 19.3 Å². The minimum atomic E-state index is 0.00348. The van der Waals surface area contributed by atoms with Crippen LogP contribution >= 0.6 is 11.6 Å². The molecule has 1 atom stereocenters. The van der Waals surface area contributed by atoms with E-state index < -0.39 is 0 Å². The maximum atomic E-state index is 5.82. The van der Waals surface area contributed by atoms with Crippen molar-refractivity contribution in [2.75, 3.05) is 13.7 Å². The molecule has 0 amide bonds. The topological polar surface area (TPSA) is 62.1 Å². The number of methoxy groups -OCH3 is 1. The minimum Gasteiger partial charge on any atom is -0.479 e. The molecule has 0 saturated carbocycles. The fourth-order valence-corrected chi connectivity index (χ4v) is 2.37. The maximum absolute atomic E-state index is 5.82. The fraction of sp³-hybridized carbons (Fsp3) is 0.462. The quantitative estimate of drug-likeness (QED) is 0.871.